The van der Waals surface area contributed by atoms with Crippen molar-refractivity contribution in [2.45, 2.75) is 57.9 Å². The summed E-state index contributed by atoms with van der Waals surface area (Å²) in [5.74, 6) is 1.89. The van der Waals surface area contributed by atoms with Gasteiger partial charge in [0.05, 0.1) is 0 Å². The van der Waals surface area contributed by atoms with Gasteiger partial charge in [-0.2, -0.15) is 0 Å². The highest BCUT2D eigenvalue weighted by Crippen LogP contribution is 2.36. The molecule has 1 nitrogen and oxygen atoms in total. The maximum atomic E-state index is 5.90. The van der Waals surface area contributed by atoms with Crippen LogP contribution >= 0.6 is 0 Å². The van der Waals surface area contributed by atoms with Crippen molar-refractivity contribution in [3.63, 3.8) is 0 Å². The minimum Gasteiger partial charge on any atom is -0.327 e. The van der Waals surface area contributed by atoms with Gasteiger partial charge >= 0.3 is 0 Å². The first-order valence-electron chi connectivity index (χ1n) is 6.20. The molecule has 2 rings (SSSR count). The van der Waals surface area contributed by atoms with Crippen molar-refractivity contribution in [1.82, 2.24) is 0 Å². The van der Waals surface area contributed by atoms with Crippen molar-refractivity contribution in [2.24, 2.45) is 17.6 Å². The fourth-order valence-electron chi connectivity index (χ4n) is 2.88. The lowest BCUT2D eigenvalue weighted by Gasteiger charge is -2.31. The van der Waals surface area contributed by atoms with Gasteiger partial charge in [-0.1, -0.05) is 31.4 Å². The Kier molecular flexibility index (Phi) is 3.27. The molecule has 0 amide bonds. The van der Waals surface area contributed by atoms with Crippen molar-refractivity contribution >= 4 is 0 Å². The van der Waals surface area contributed by atoms with Gasteiger partial charge < -0.3 is 5.73 Å². The van der Waals surface area contributed by atoms with E-state index >= 15 is 0 Å². The Morgan fingerprint density at radius 1 is 1.14 bits per heavy atom. The third-order valence-corrected chi connectivity index (χ3v) is 4.03. The van der Waals surface area contributed by atoms with E-state index < -0.39 is 0 Å². The third-order valence-electron chi connectivity index (χ3n) is 4.03. The molecule has 1 saturated carbocycles. The molecule has 0 bridgehead atoms. The van der Waals surface area contributed by atoms with Crippen molar-refractivity contribution in [2.75, 3.05) is 0 Å². The van der Waals surface area contributed by atoms with E-state index in [9.17, 15) is 0 Å². The largest absolute Gasteiger partial charge is 0.327 e. The zero-order valence-corrected chi connectivity index (χ0v) is 9.34. The summed E-state index contributed by atoms with van der Waals surface area (Å²) in [4.78, 5) is 0. The Balaban J connectivity index is 1.89. The molecule has 1 fully saturated rings. The van der Waals surface area contributed by atoms with Crippen molar-refractivity contribution in [1.29, 1.82) is 0 Å². The highest BCUT2D eigenvalue weighted by molar-refractivity contribution is 5.12. The highest BCUT2D eigenvalue weighted by Gasteiger charge is 2.23. The van der Waals surface area contributed by atoms with Crippen LogP contribution in [0, 0.1) is 11.8 Å². The molecular formula is C13H23N. The van der Waals surface area contributed by atoms with Gasteiger partial charge in [-0.05, 0) is 43.9 Å². The standard InChI is InChI=1S/C13H23N/c1-10-2-4-11(5-3-10)12-6-8-13(14)9-7-12/h6,10-11,13H,2-5,7-9,14H2,1H3. The molecule has 2 N–H and O–H groups in total. The molecular weight excluding hydrogens is 170 g/mol. The number of hydrogen-bond donors (Lipinski definition) is 1. The molecule has 0 heterocycles. The van der Waals surface area contributed by atoms with E-state index in [1.54, 1.807) is 5.57 Å². The summed E-state index contributed by atoms with van der Waals surface area (Å²) in [7, 11) is 0. The Hall–Kier alpha value is -0.300. The summed E-state index contributed by atoms with van der Waals surface area (Å²) in [6, 6.07) is 0.446. The summed E-state index contributed by atoms with van der Waals surface area (Å²) in [6.45, 7) is 2.39. The van der Waals surface area contributed by atoms with Crippen LogP contribution in [-0.2, 0) is 0 Å². The Bertz CT molecular complexity index is 211. The SMILES string of the molecule is CC1CCC(C2=CCC(N)CC2)CC1. The molecule has 0 aliphatic heterocycles. The quantitative estimate of drug-likeness (QED) is 0.636. The van der Waals surface area contributed by atoms with E-state index in [-0.39, 0.29) is 0 Å². The molecule has 0 saturated heterocycles. The maximum Gasteiger partial charge on any atom is 0.00765 e. The molecule has 0 aromatic carbocycles. The van der Waals surface area contributed by atoms with E-state index in [1.807, 2.05) is 0 Å². The maximum absolute atomic E-state index is 5.90. The minimum absolute atomic E-state index is 0.446. The topological polar surface area (TPSA) is 26.0 Å². The Morgan fingerprint density at radius 2 is 1.86 bits per heavy atom. The van der Waals surface area contributed by atoms with Crippen LogP contribution < -0.4 is 5.73 Å². The van der Waals surface area contributed by atoms with Crippen LogP contribution in [0.5, 0.6) is 0 Å². The molecule has 0 aromatic heterocycles. The minimum atomic E-state index is 0.446. The molecule has 1 atom stereocenters. The molecule has 1 heteroatoms. The lowest BCUT2D eigenvalue weighted by molar-refractivity contribution is 0.310. The number of hydrogen-bond acceptors (Lipinski definition) is 1. The third kappa shape index (κ3) is 2.38. The predicted octanol–water partition coefficient (Wildman–Crippen LogP) is 3.25. The van der Waals surface area contributed by atoms with E-state index in [1.165, 1.54) is 38.5 Å². The van der Waals surface area contributed by atoms with E-state index in [0.29, 0.717) is 6.04 Å². The summed E-state index contributed by atoms with van der Waals surface area (Å²) in [5.41, 5.74) is 7.64. The van der Waals surface area contributed by atoms with Crippen LogP contribution in [0.25, 0.3) is 0 Å². The van der Waals surface area contributed by atoms with E-state index in [2.05, 4.69) is 13.0 Å². The Morgan fingerprint density at radius 3 is 2.43 bits per heavy atom. The molecule has 0 aromatic rings. The summed E-state index contributed by atoms with van der Waals surface area (Å²) >= 11 is 0. The van der Waals surface area contributed by atoms with Crippen LogP contribution in [0.4, 0.5) is 0 Å². The zero-order chi connectivity index (χ0) is 9.97. The molecule has 0 spiro atoms. The average Bonchev–Trinajstić information content (AvgIpc) is 2.21. The lowest BCUT2D eigenvalue weighted by Crippen LogP contribution is -2.24. The normalized spacial score (nSPS) is 39.3. The van der Waals surface area contributed by atoms with Crippen LogP contribution in [0.15, 0.2) is 11.6 Å². The van der Waals surface area contributed by atoms with Gasteiger partial charge in [-0.15, -0.1) is 0 Å². The molecule has 2 aliphatic rings. The fraction of sp³-hybridized carbons (Fsp3) is 0.846. The van der Waals surface area contributed by atoms with Crippen molar-refractivity contribution < 1.29 is 0 Å². The second kappa shape index (κ2) is 4.48. The zero-order valence-electron chi connectivity index (χ0n) is 9.34. The van der Waals surface area contributed by atoms with Crippen LogP contribution in [0.2, 0.25) is 0 Å². The summed E-state index contributed by atoms with van der Waals surface area (Å²) < 4.78 is 0. The first-order valence-corrected chi connectivity index (χ1v) is 6.20. The van der Waals surface area contributed by atoms with E-state index in [0.717, 1.165) is 18.3 Å². The molecule has 0 radical (unpaired) electrons. The van der Waals surface area contributed by atoms with Crippen molar-refractivity contribution in [3.8, 4) is 0 Å². The molecule has 1 unspecified atom stereocenters. The molecule has 80 valence electrons. The van der Waals surface area contributed by atoms with Crippen LogP contribution in [0.3, 0.4) is 0 Å². The van der Waals surface area contributed by atoms with Gasteiger partial charge in [-0.3, -0.25) is 0 Å². The van der Waals surface area contributed by atoms with Gasteiger partial charge in [0.2, 0.25) is 0 Å². The van der Waals surface area contributed by atoms with Crippen LogP contribution in [0.1, 0.15) is 51.9 Å². The van der Waals surface area contributed by atoms with Gasteiger partial charge in [0.1, 0.15) is 0 Å². The first kappa shape index (κ1) is 10.2. The van der Waals surface area contributed by atoms with Gasteiger partial charge in [0.25, 0.3) is 0 Å². The second-order valence-electron chi connectivity index (χ2n) is 5.27. The first-order chi connectivity index (χ1) is 6.75. The van der Waals surface area contributed by atoms with Gasteiger partial charge in [0, 0.05) is 6.04 Å². The summed E-state index contributed by atoms with van der Waals surface area (Å²) in [6.07, 6.45) is 11.8. The fourth-order valence-corrected chi connectivity index (χ4v) is 2.88. The Labute approximate surface area is 87.8 Å². The average molecular weight is 193 g/mol. The van der Waals surface area contributed by atoms with Gasteiger partial charge in [-0.25, -0.2) is 0 Å². The number of nitrogens with two attached hydrogens (primary N) is 1. The lowest BCUT2D eigenvalue weighted by atomic mass is 9.76. The number of rotatable bonds is 1. The monoisotopic (exact) mass is 193 g/mol. The smallest absolute Gasteiger partial charge is 0.00765 e. The second-order valence-corrected chi connectivity index (χ2v) is 5.27. The predicted molar refractivity (Wildman–Crippen MR) is 61.0 cm³/mol. The molecule has 14 heavy (non-hydrogen) atoms. The van der Waals surface area contributed by atoms with Gasteiger partial charge in [0.15, 0.2) is 0 Å². The van der Waals surface area contributed by atoms with Crippen molar-refractivity contribution in [3.05, 3.63) is 11.6 Å². The number of allylic oxidation sites excluding steroid dienone is 1. The van der Waals surface area contributed by atoms with E-state index in [4.69, 9.17) is 5.73 Å². The molecule has 2 aliphatic carbocycles. The van der Waals surface area contributed by atoms with Crippen LogP contribution in [-0.4, -0.2) is 6.04 Å². The highest BCUT2D eigenvalue weighted by atomic mass is 14.6. The summed E-state index contributed by atoms with van der Waals surface area (Å²) in [5, 5.41) is 0.